The Bertz CT molecular complexity index is 420. The van der Waals surface area contributed by atoms with Crippen LogP contribution < -0.4 is 0 Å². The van der Waals surface area contributed by atoms with E-state index in [9.17, 15) is 8.42 Å². The molecule has 1 saturated carbocycles. The van der Waals surface area contributed by atoms with Crippen molar-refractivity contribution in [2.75, 3.05) is 0 Å². The van der Waals surface area contributed by atoms with Crippen LogP contribution in [0.15, 0.2) is 33.6 Å². The quantitative estimate of drug-likeness (QED) is 0.796. The Labute approximate surface area is 91.3 Å². The summed E-state index contributed by atoms with van der Waals surface area (Å²) in [6.45, 7) is 0. The van der Waals surface area contributed by atoms with Crippen LogP contribution in [0.5, 0.6) is 0 Å². The van der Waals surface area contributed by atoms with Gasteiger partial charge in [-0.3, -0.25) is 4.18 Å². The molecule has 76 valence electrons. The van der Waals surface area contributed by atoms with Gasteiger partial charge in [0.1, 0.15) is 0 Å². The Hall–Kier alpha value is -0.390. The highest BCUT2D eigenvalue weighted by molar-refractivity contribution is 9.10. The molecular weight excluding hydrogens is 268 g/mol. The molecule has 3 nitrogen and oxygen atoms in total. The lowest BCUT2D eigenvalue weighted by atomic mass is 10.4. The van der Waals surface area contributed by atoms with E-state index in [0.717, 1.165) is 17.3 Å². The topological polar surface area (TPSA) is 43.4 Å². The van der Waals surface area contributed by atoms with E-state index < -0.39 is 10.1 Å². The molecule has 14 heavy (non-hydrogen) atoms. The number of halogens is 1. The zero-order valence-electron chi connectivity index (χ0n) is 7.31. The van der Waals surface area contributed by atoms with Gasteiger partial charge in [0.2, 0.25) is 0 Å². The fourth-order valence-electron chi connectivity index (χ4n) is 1.00. The average molecular weight is 277 g/mol. The minimum Gasteiger partial charge on any atom is -0.263 e. The molecule has 0 heterocycles. The molecule has 5 heteroatoms. The standard InChI is InChI=1S/C9H9BrO3S/c10-7-1-5-9(6-2-7)14(11,12)13-8-3-4-8/h1-2,5-6,8H,3-4H2. The molecule has 0 atom stereocenters. The molecule has 1 aromatic rings. The third-order valence-corrected chi connectivity index (χ3v) is 3.79. The lowest BCUT2D eigenvalue weighted by molar-refractivity contribution is 0.305. The summed E-state index contributed by atoms with van der Waals surface area (Å²) < 4.78 is 28.9. The van der Waals surface area contributed by atoms with Crippen LogP contribution in [0.4, 0.5) is 0 Å². The first-order valence-electron chi connectivity index (χ1n) is 4.27. The van der Waals surface area contributed by atoms with E-state index in [4.69, 9.17) is 4.18 Å². The Morgan fingerprint density at radius 1 is 1.21 bits per heavy atom. The van der Waals surface area contributed by atoms with Crippen molar-refractivity contribution in [2.45, 2.75) is 23.8 Å². The predicted molar refractivity (Wildman–Crippen MR) is 55.4 cm³/mol. The van der Waals surface area contributed by atoms with Crippen molar-refractivity contribution >= 4 is 26.0 Å². The maximum atomic E-state index is 11.6. The van der Waals surface area contributed by atoms with Crippen molar-refractivity contribution < 1.29 is 12.6 Å². The van der Waals surface area contributed by atoms with Gasteiger partial charge in [-0.1, -0.05) is 15.9 Å². The number of hydrogen-bond donors (Lipinski definition) is 0. The number of rotatable bonds is 3. The zero-order chi connectivity index (χ0) is 10.2. The Morgan fingerprint density at radius 3 is 2.29 bits per heavy atom. The van der Waals surface area contributed by atoms with E-state index in [1.807, 2.05) is 0 Å². The summed E-state index contributed by atoms with van der Waals surface area (Å²) >= 11 is 3.24. The van der Waals surface area contributed by atoms with E-state index in [2.05, 4.69) is 15.9 Å². The van der Waals surface area contributed by atoms with E-state index in [1.165, 1.54) is 12.1 Å². The van der Waals surface area contributed by atoms with Gasteiger partial charge in [0.25, 0.3) is 10.1 Å². The molecule has 2 rings (SSSR count). The molecule has 1 aliphatic carbocycles. The van der Waals surface area contributed by atoms with Gasteiger partial charge in [-0.15, -0.1) is 0 Å². The van der Waals surface area contributed by atoms with Crippen LogP contribution >= 0.6 is 15.9 Å². The summed E-state index contributed by atoms with van der Waals surface area (Å²) in [6, 6.07) is 6.43. The minimum absolute atomic E-state index is 0.0938. The Kier molecular flexibility index (Phi) is 2.64. The second-order valence-corrected chi connectivity index (χ2v) is 5.69. The van der Waals surface area contributed by atoms with Crippen molar-refractivity contribution in [3.8, 4) is 0 Å². The highest BCUT2D eigenvalue weighted by Crippen LogP contribution is 2.28. The average Bonchev–Trinajstić information content (AvgIpc) is 2.88. The third-order valence-electron chi connectivity index (χ3n) is 1.89. The zero-order valence-corrected chi connectivity index (χ0v) is 9.71. The molecule has 0 saturated heterocycles. The van der Waals surface area contributed by atoms with Crippen LogP contribution in [0.2, 0.25) is 0 Å². The lowest BCUT2D eigenvalue weighted by Crippen LogP contribution is -2.07. The molecule has 0 aromatic heterocycles. The van der Waals surface area contributed by atoms with Gasteiger partial charge in [-0.25, -0.2) is 0 Å². The van der Waals surface area contributed by atoms with Crippen molar-refractivity contribution in [1.82, 2.24) is 0 Å². The van der Waals surface area contributed by atoms with E-state index in [0.29, 0.717) is 0 Å². The highest BCUT2D eigenvalue weighted by Gasteiger charge is 2.29. The van der Waals surface area contributed by atoms with Gasteiger partial charge >= 0.3 is 0 Å². The first kappa shape index (κ1) is 10.1. The highest BCUT2D eigenvalue weighted by atomic mass is 79.9. The minimum atomic E-state index is -3.53. The van der Waals surface area contributed by atoms with Crippen LogP contribution in [0.3, 0.4) is 0 Å². The van der Waals surface area contributed by atoms with E-state index in [-0.39, 0.29) is 11.0 Å². The molecule has 0 spiro atoms. The van der Waals surface area contributed by atoms with Crippen molar-refractivity contribution in [3.05, 3.63) is 28.7 Å². The fourth-order valence-corrected chi connectivity index (χ4v) is 2.40. The van der Waals surface area contributed by atoms with Crippen molar-refractivity contribution in [3.63, 3.8) is 0 Å². The van der Waals surface area contributed by atoms with Crippen LogP contribution in [-0.4, -0.2) is 14.5 Å². The van der Waals surface area contributed by atoms with Gasteiger partial charge in [-0.05, 0) is 37.1 Å². The van der Waals surface area contributed by atoms with Gasteiger partial charge in [0.15, 0.2) is 0 Å². The number of hydrogen-bond acceptors (Lipinski definition) is 3. The molecule has 0 N–H and O–H groups in total. The second-order valence-electron chi connectivity index (χ2n) is 3.20. The largest absolute Gasteiger partial charge is 0.297 e. The number of benzene rings is 1. The summed E-state index contributed by atoms with van der Waals surface area (Å²) in [5.41, 5.74) is 0. The summed E-state index contributed by atoms with van der Waals surface area (Å²) in [7, 11) is -3.53. The Balaban J connectivity index is 2.24. The third kappa shape index (κ3) is 2.34. The Morgan fingerprint density at radius 2 is 1.79 bits per heavy atom. The molecule has 1 fully saturated rings. The normalized spacial score (nSPS) is 16.9. The van der Waals surface area contributed by atoms with E-state index >= 15 is 0 Å². The summed E-state index contributed by atoms with van der Waals surface area (Å²) in [5, 5.41) is 0. The SMILES string of the molecule is O=S(=O)(OC1CC1)c1ccc(Br)cc1. The first-order chi connectivity index (χ1) is 6.58. The molecule has 1 aliphatic rings. The van der Waals surface area contributed by atoms with Gasteiger partial charge in [-0.2, -0.15) is 8.42 Å². The molecule has 0 unspecified atom stereocenters. The molecule has 0 amide bonds. The first-order valence-corrected chi connectivity index (χ1v) is 6.47. The molecular formula is C9H9BrO3S. The monoisotopic (exact) mass is 276 g/mol. The van der Waals surface area contributed by atoms with Crippen LogP contribution in [0.25, 0.3) is 0 Å². The summed E-state index contributed by atoms with van der Waals surface area (Å²) in [4.78, 5) is 0.215. The molecule has 1 aromatic carbocycles. The van der Waals surface area contributed by atoms with Crippen LogP contribution in [0, 0.1) is 0 Å². The van der Waals surface area contributed by atoms with Gasteiger partial charge < -0.3 is 0 Å². The smallest absolute Gasteiger partial charge is 0.263 e. The predicted octanol–water partition coefficient (Wildman–Crippen LogP) is 2.32. The molecule has 0 aliphatic heterocycles. The molecule has 0 bridgehead atoms. The fraction of sp³-hybridized carbons (Fsp3) is 0.333. The maximum absolute atomic E-state index is 11.6. The van der Waals surface area contributed by atoms with Crippen LogP contribution in [-0.2, 0) is 14.3 Å². The summed E-state index contributed by atoms with van der Waals surface area (Å²) in [5.74, 6) is 0. The lowest BCUT2D eigenvalue weighted by Gasteiger charge is -2.03. The van der Waals surface area contributed by atoms with Crippen molar-refractivity contribution in [1.29, 1.82) is 0 Å². The summed E-state index contributed by atoms with van der Waals surface area (Å²) in [6.07, 6.45) is 1.59. The second kappa shape index (κ2) is 3.64. The van der Waals surface area contributed by atoms with Gasteiger partial charge in [0, 0.05) is 4.47 Å². The van der Waals surface area contributed by atoms with E-state index in [1.54, 1.807) is 12.1 Å². The maximum Gasteiger partial charge on any atom is 0.297 e. The van der Waals surface area contributed by atoms with Crippen LogP contribution in [0.1, 0.15) is 12.8 Å². The molecule has 0 radical (unpaired) electrons. The van der Waals surface area contributed by atoms with Crippen molar-refractivity contribution in [2.24, 2.45) is 0 Å². The van der Waals surface area contributed by atoms with Gasteiger partial charge in [0.05, 0.1) is 11.0 Å².